The molecule has 0 bridgehead atoms. The fraction of sp³-hybridized carbons (Fsp3) is 0.750. The molecule has 2 saturated heterocycles. The first kappa shape index (κ1) is 22.4. The molecule has 1 aromatic heterocycles. The SMILES string of the molecule is CN=C(NCCCSc1nccs1)N1CCN(CC(=O)N2CCCCCC2)CC1. The van der Waals surface area contributed by atoms with Crippen LogP contribution in [0.25, 0.3) is 0 Å². The minimum absolute atomic E-state index is 0.306. The summed E-state index contributed by atoms with van der Waals surface area (Å²) in [6, 6.07) is 0. The van der Waals surface area contributed by atoms with Gasteiger partial charge in [-0.2, -0.15) is 0 Å². The Hall–Kier alpha value is -1.32. The molecule has 29 heavy (non-hydrogen) atoms. The average molecular weight is 439 g/mol. The molecule has 0 aromatic carbocycles. The van der Waals surface area contributed by atoms with E-state index in [-0.39, 0.29) is 0 Å². The number of carbonyl (C=O) groups is 1. The van der Waals surface area contributed by atoms with Gasteiger partial charge in [0.2, 0.25) is 5.91 Å². The van der Waals surface area contributed by atoms with E-state index in [2.05, 4.69) is 30.0 Å². The summed E-state index contributed by atoms with van der Waals surface area (Å²) in [6.45, 7) is 7.03. The van der Waals surface area contributed by atoms with Crippen molar-refractivity contribution in [2.24, 2.45) is 4.99 Å². The molecule has 1 amide bonds. The maximum absolute atomic E-state index is 12.6. The minimum Gasteiger partial charge on any atom is -0.356 e. The number of hydrogen-bond donors (Lipinski definition) is 1. The van der Waals surface area contributed by atoms with Crippen molar-refractivity contribution < 1.29 is 4.79 Å². The molecule has 0 radical (unpaired) electrons. The van der Waals surface area contributed by atoms with Crippen molar-refractivity contribution in [3.05, 3.63) is 11.6 Å². The monoisotopic (exact) mass is 438 g/mol. The largest absolute Gasteiger partial charge is 0.356 e. The first-order valence-electron chi connectivity index (χ1n) is 10.7. The highest BCUT2D eigenvalue weighted by Crippen LogP contribution is 2.20. The van der Waals surface area contributed by atoms with E-state index in [1.165, 1.54) is 12.8 Å². The van der Waals surface area contributed by atoms with Crippen LogP contribution in [0.3, 0.4) is 0 Å². The molecule has 1 N–H and O–H groups in total. The van der Waals surface area contributed by atoms with Gasteiger partial charge in [-0.1, -0.05) is 24.6 Å². The first-order valence-corrected chi connectivity index (χ1v) is 12.6. The van der Waals surface area contributed by atoms with Crippen molar-refractivity contribution in [3.8, 4) is 0 Å². The Morgan fingerprint density at radius 3 is 2.55 bits per heavy atom. The van der Waals surface area contributed by atoms with E-state index in [1.807, 2.05) is 30.4 Å². The molecule has 1 aromatic rings. The maximum Gasteiger partial charge on any atom is 0.236 e. The van der Waals surface area contributed by atoms with Gasteiger partial charge >= 0.3 is 0 Å². The number of aliphatic imine (C=N–C) groups is 1. The van der Waals surface area contributed by atoms with Crippen LogP contribution in [0.5, 0.6) is 0 Å². The summed E-state index contributed by atoms with van der Waals surface area (Å²) in [5, 5.41) is 5.50. The molecule has 0 saturated carbocycles. The van der Waals surface area contributed by atoms with Gasteiger partial charge in [0.1, 0.15) is 4.34 Å². The maximum atomic E-state index is 12.6. The zero-order valence-electron chi connectivity index (χ0n) is 17.5. The van der Waals surface area contributed by atoms with Crippen molar-refractivity contribution in [3.63, 3.8) is 0 Å². The van der Waals surface area contributed by atoms with Gasteiger partial charge in [0.25, 0.3) is 0 Å². The van der Waals surface area contributed by atoms with Crippen molar-refractivity contribution in [1.29, 1.82) is 0 Å². The molecule has 7 nitrogen and oxygen atoms in total. The number of piperazine rings is 1. The van der Waals surface area contributed by atoms with E-state index in [1.54, 1.807) is 11.3 Å². The predicted octanol–water partition coefficient (Wildman–Crippen LogP) is 2.22. The highest BCUT2D eigenvalue weighted by atomic mass is 32.2. The number of aromatic nitrogens is 1. The molecule has 2 aliphatic heterocycles. The Balaban J connectivity index is 1.32. The Kier molecular flexibility index (Phi) is 9.56. The van der Waals surface area contributed by atoms with Crippen LogP contribution in [0.2, 0.25) is 0 Å². The Labute approximate surface area is 182 Å². The number of thioether (sulfide) groups is 1. The van der Waals surface area contributed by atoms with Crippen LogP contribution in [-0.2, 0) is 4.79 Å². The van der Waals surface area contributed by atoms with Gasteiger partial charge in [0.15, 0.2) is 5.96 Å². The quantitative estimate of drug-likeness (QED) is 0.305. The Bertz CT molecular complexity index is 623. The van der Waals surface area contributed by atoms with E-state index < -0.39 is 0 Å². The van der Waals surface area contributed by atoms with Crippen LogP contribution in [-0.4, -0.2) is 96.7 Å². The lowest BCUT2D eigenvalue weighted by Gasteiger charge is -2.37. The lowest BCUT2D eigenvalue weighted by Crippen LogP contribution is -2.54. The van der Waals surface area contributed by atoms with Crippen LogP contribution >= 0.6 is 23.1 Å². The Morgan fingerprint density at radius 1 is 1.14 bits per heavy atom. The summed E-state index contributed by atoms with van der Waals surface area (Å²) in [7, 11) is 1.85. The van der Waals surface area contributed by atoms with Gasteiger partial charge in [-0.25, -0.2) is 4.98 Å². The summed E-state index contributed by atoms with van der Waals surface area (Å²) in [5.74, 6) is 2.34. The lowest BCUT2D eigenvalue weighted by molar-refractivity contribution is -0.132. The molecular formula is C20H34N6OS2. The number of amides is 1. The van der Waals surface area contributed by atoms with Gasteiger partial charge in [-0.05, 0) is 19.3 Å². The van der Waals surface area contributed by atoms with E-state index in [0.29, 0.717) is 12.5 Å². The third kappa shape index (κ3) is 7.46. The molecule has 2 fully saturated rings. The van der Waals surface area contributed by atoms with Gasteiger partial charge in [0, 0.05) is 70.2 Å². The minimum atomic E-state index is 0.306. The van der Waals surface area contributed by atoms with Crippen molar-refractivity contribution in [2.45, 2.75) is 36.4 Å². The van der Waals surface area contributed by atoms with Gasteiger partial charge < -0.3 is 15.1 Å². The van der Waals surface area contributed by atoms with Crippen LogP contribution in [0.4, 0.5) is 0 Å². The smallest absolute Gasteiger partial charge is 0.236 e. The van der Waals surface area contributed by atoms with Crippen molar-refractivity contribution >= 4 is 35.0 Å². The normalized spacial score (nSPS) is 19.3. The summed E-state index contributed by atoms with van der Waals surface area (Å²) in [4.78, 5) is 28.0. The van der Waals surface area contributed by atoms with Gasteiger partial charge in [0.05, 0.1) is 6.54 Å². The van der Waals surface area contributed by atoms with Gasteiger partial charge in [-0.3, -0.25) is 14.7 Å². The van der Waals surface area contributed by atoms with Gasteiger partial charge in [-0.15, -0.1) is 11.3 Å². The molecule has 3 heterocycles. The standard InChI is InChI=1S/C20H34N6OS2/c1-21-19(22-7-6-15-28-20-23-8-16-29-20)26-13-11-24(12-14-26)17-18(27)25-9-4-2-3-5-10-25/h8,16H,2-7,9-15,17H2,1H3,(H,21,22). The molecule has 2 aliphatic rings. The molecule has 0 spiro atoms. The number of nitrogens with zero attached hydrogens (tertiary/aromatic N) is 5. The van der Waals surface area contributed by atoms with E-state index in [4.69, 9.17) is 0 Å². The summed E-state index contributed by atoms with van der Waals surface area (Å²) < 4.78 is 1.14. The molecule has 0 atom stereocenters. The highest BCUT2D eigenvalue weighted by Gasteiger charge is 2.23. The summed E-state index contributed by atoms with van der Waals surface area (Å²) >= 11 is 3.51. The average Bonchev–Trinajstić information content (AvgIpc) is 3.11. The Morgan fingerprint density at radius 2 is 1.90 bits per heavy atom. The molecule has 3 rings (SSSR count). The number of nitrogens with one attached hydrogen (secondary N) is 1. The third-order valence-electron chi connectivity index (χ3n) is 5.44. The van der Waals surface area contributed by atoms with Crippen molar-refractivity contribution in [1.82, 2.24) is 25.0 Å². The molecule has 162 valence electrons. The predicted molar refractivity (Wildman–Crippen MR) is 122 cm³/mol. The number of rotatable bonds is 7. The second-order valence-electron chi connectivity index (χ2n) is 7.53. The zero-order valence-corrected chi connectivity index (χ0v) is 19.1. The number of carbonyl (C=O) groups excluding carboxylic acids is 1. The summed E-state index contributed by atoms with van der Waals surface area (Å²) in [5.41, 5.74) is 0. The number of thiazole rings is 1. The third-order valence-corrected chi connectivity index (χ3v) is 7.49. The van der Waals surface area contributed by atoms with E-state index >= 15 is 0 Å². The number of hydrogen-bond acceptors (Lipinski definition) is 6. The fourth-order valence-corrected chi connectivity index (χ4v) is 5.42. The highest BCUT2D eigenvalue weighted by molar-refractivity contribution is 8.00. The molecular weight excluding hydrogens is 404 g/mol. The van der Waals surface area contributed by atoms with E-state index in [9.17, 15) is 4.79 Å². The number of likely N-dealkylation sites (tertiary alicyclic amines) is 1. The molecule has 0 unspecified atom stereocenters. The van der Waals surface area contributed by atoms with Crippen LogP contribution in [0.1, 0.15) is 32.1 Å². The van der Waals surface area contributed by atoms with Crippen LogP contribution < -0.4 is 5.32 Å². The summed E-state index contributed by atoms with van der Waals surface area (Å²) in [6.07, 6.45) is 7.77. The number of guanidine groups is 1. The topological polar surface area (TPSA) is 64.1 Å². The molecule has 0 aliphatic carbocycles. The van der Waals surface area contributed by atoms with Crippen molar-refractivity contribution in [2.75, 3.05) is 65.2 Å². The second-order valence-corrected chi connectivity index (χ2v) is 9.77. The molecule has 9 heteroatoms. The van der Waals surface area contributed by atoms with Crippen LogP contribution in [0, 0.1) is 0 Å². The van der Waals surface area contributed by atoms with E-state index in [0.717, 1.165) is 81.1 Å². The van der Waals surface area contributed by atoms with Crippen LogP contribution in [0.15, 0.2) is 20.9 Å². The first-order chi connectivity index (χ1) is 14.3. The lowest BCUT2D eigenvalue weighted by atomic mass is 10.2. The second kappa shape index (κ2) is 12.4. The zero-order chi connectivity index (χ0) is 20.3. The fourth-order valence-electron chi connectivity index (χ4n) is 3.77.